The zero-order valence-electron chi connectivity index (χ0n) is 19.6. The van der Waals surface area contributed by atoms with Crippen molar-refractivity contribution in [3.8, 4) is 0 Å². The third kappa shape index (κ3) is 3.53. The van der Waals surface area contributed by atoms with Gasteiger partial charge in [-0.2, -0.15) is 0 Å². The van der Waals surface area contributed by atoms with E-state index in [0.717, 1.165) is 36.7 Å². The molecule has 4 aliphatic rings. The van der Waals surface area contributed by atoms with Gasteiger partial charge < -0.3 is 15.3 Å². The molecule has 0 amide bonds. The van der Waals surface area contributed by atoms with Crippen molar-refractivity contribution in [3.05, 3.63) is 23.3 Å². The molecule has 0 aromatic heterocycles. The number of fused-ring (bicyclic) bond motifs is 5. The van der Waals surface area contributed by atoms with Crippen LogP contribution in [0.5, 0.6) is 0 Å². The van der Waals surface area contributed by atoms with Crippen LogP contribution in [0.25, 0.3) is 0 Å². The molecule has 3 fully saturated rings. The third-order valence-electron chi connectivity index (χ3n) is 10.0. The molecule has 0 aliphatic heterocycles. The highest BCUT2D eigenvalue weighted by molar-refractivity contribution is 5.29. The fourth-order valence-corrected chi connectivity index (χ4v) is 8.54. The summed E-state index contributed by atoms with van der Waals surface area (Å²) in [7, 11) is 0. The minimum Gasteiger partial charge on any atom is -0.395 e. The van der Waals surface area contributed by atoms with E-state index in [-0.39, 0.29) is 24.0 Å². The Hall–Kier alpha value is -0.640. The van der Waals surface area contributed by atoms with E-state index in [1.807, 2.05) is 0 Å². The molecule has 3 heteroatoms. The molecule has 9 atom stereocenters. The van der Waals surface area contributed by atoms with Gasteiger partial charge in [0.2, 0.25) is 0 Å². The van der Waals surface area contributed by atoms with Crippen LogP contribution in [0.3, 0.4) is 0 Å². The van der Waals surface area contributed by atoms with E-state index >= 15 is 0 Å². The standard InChI is InChI=1S/C27H44O3/c1-17(2)6-5-7-18(3)21-8-9-22-25-23(11-12-26(21,22)4)27(16-28)13-10-20(29)14-19(27)15-24(25)30/h6,15,18,20-25,28-30H,5,7-14,16H2,1-4H3. The Balaban J connectivity index is 1.58. The minimum absolute atomic E-state index is 0.172. The molecule has 0 spiro atoms. The molecule has 3 saturated carbocycles. The molecule has 0 saturated heterocycles. The van der Waals surface area contributed by atoms with Gasteiger partial charge in [0.05, 0.1) is 18.8 Å². The van der Waals surface area contributed by atoms with Crippen LogP contribution in [-0.2, 0) is 0 Å². The molecular formula is C27H44O3. The zero-order chi connectivity index (χ0) is 21.7. The van der Waals surface area contributed by atoms with Gasteiger partial charge in [-0.1, -0.05) is 37.1 Å². The Morgan fingerprint density at radius 3 is 2.60 bits per heavy atom. The van der Waals surface area contributed by atoms with Crippen LogP contribution in [0, 0.1) is 40.4 Å². The van der Waals surface area contributed by atoms with Crippen LogP contribution in [-0.4, -0.2) is 34.1 Å². The molecule has 3 N–H and O–H groups in total. The summed E-state index contributed by atoms with van der Waals surface area (Å²) in [4.78, 5) is 0. The molecule has 30 heavy (non-hydrogen) atoms. The average molecular weight is 417 g/mol. The molecule has 9 unspecified atom stereocenters. The van der Waals surface area contributed by atoms with E-state index in [0.29, 0.717) is 23.7 Å². The van der Waals surface area contributed by atoms with Gasteiger partial charge in [0.25, 0.3) is 0 Å². The van der Waals surface area contributed by atoms with Crippen LogP contribution in [0.15, 0.2) is 23.3 Å². The molecule has 0 heterocycles. The SMILES string of the molecule is CC(C)=CCCC(C)C1CCC2C3C(O)C=C4CC(O)CCC4(CO)C3CCC12C. The van der Waals surface area contributed by atoms with Crippen LogP contribution in [0.2, 0.25) is 0 Å². The molecule has 0 aromatic rings. The zero-order valence-corrected chi connectivity index (χ0v) is 19.6. The summed E-state index contributed by atoms with van der Waals surface area (Å²) in [5.41, 5.74) is 2.67. The monoisotopic (exact) mass is 416 g/mol. The van der Waals surface area contributed by atoms with Crippen molar-refractivity contribution >= 4 is 0 Å². The Kier molecular flexibility index (Phi) is 6.29. The summed E-state index contributed by atoms with van der Waals surface area (Å²) in [6.07, 6.45) is 13.3. The Morgan fingerprint density at radius 2 is 1.90 bits per heavy atom. The fraction of sp³-hybridized carbons (Fsp3) is 0.852. The summed E-state index contributed by atoms with van der Waals surface area (Å²) in [6, 6.07) is 0. The van der Waals surface area contributed by atoms with E-state index < -0.39 is 6.10 Å². The van der Waals surface area contributed by atoms with Crippen molar-refractivity contribution in [1.29, 1.82) is 0 Å². The highest BCUT2D eigenvalue weighted by Gasteiger charge is 2.62. The molecule has 0 bridgehead atoms. The van der Waals surface area contributed by atoms with E-state index in [4.69, 9.17) is 0 Å². The number of aliphatic hydroxyl groups is 3. The second-order valence-corrected chi connectivity index (χ2v) is 11.7. The molecule has 4 rings (SSSR count). The van der Waals surface area contributed by atoms with Gasteiger partial charge in [0.1, 0.15) is 0 Å². The summed E-state index contributed by atoms with van der Waals surface area (Å²) >= 11 is 0. The summed E-state index contributed by atoms with van der Waals surface area (Å²) in [5, 5.41) is 32.1. The van der Waals surface area contributed by atoms with Crippen LogP contribution in [0.1, 0.15) is 85.5 Å². The number of aliphatic hydroxyl groups excluding tert-OH is 3. The van der Waals surface area contributed by atoms with E-state index in [9.17, 15) is 15.3 Å². The van der Waals surface area contributed by atoms with Crippen LogP contribution >= 0.6 is 0 Å². The molecule has 0 radical (unpaired) electrons. The van der Waals surface area contributed by atoms with E-state index in [2.05, 4.69) is 39.8 Å². The molecule has 0 aromatic carbocycles. The van der Waals surface area contributed by atoms with Crippen molar-refractivity contribution in [2.75, 3.05) is 6.61 Å². The number of hydrogen-bond donors (Lipinski definition) is 3. The highest BCUT2D eigenvalue weighted by atomic mass is 16.3. The highest BCUT2D eigenvalue weighted by Crippen LogP contribution is 2.67. The van der Waals surface area contributed by atoms with Crippen molar-refractivity contribution < 1.29 is 15.3 Å². The smallest absolute Gasteiger partial charge is 0.0757 e. The predicted octanol–water partition coefficient (Wildman–Crippen LogP) is 5.25. The summed E-state index contributed by atoms with van der Waals surface area (Å²) in [5.74, 6) is 2.64. The quantitative estimate of drug-likeness (QED) is 0.536. The average Bonchev–Trinajstić information content (AvgIpc) is 3.04. The number of rotatable bonds is 5. The minimum atomic E-state index is -0.417. The van der Waals surface area contributed by atoms with Gasteiger partial charge in [0.15, 0.2) is 0 Å². The Labute approximate surface area is 183 Å². The number of allylic oxidation sites excluding steroid dienone is 2. The van der Waals surface area contributed by atoms with Crippen molar-refractivity contribution in [3.63, 3.8) is 0 Å². The maximum atomic E-state index is 11.3. The topological polar surface area (TPSA) is 60.7 Å². The van der Waals surface area contributed by atoms with E-state index in [1.165, 1.54) is 37.7 Å². The lowest BCUT2D eigenvalue weighted by Gasteiger charge is -2.60. The first-order chi connectivity index (χ1) is 14.2. The normalized spacial score (nSPS) is 46.3. The second kappa shape index (κ2) is 8.37. The largest absolute Gasteiger partial charge is 0.395 e. The first kappa shape index (κ1) is 22.6. The van der Waals surface area contributed by atoms with Gasteiger partial charge in [-0.15, -0.1) is 0 Å². The van der Waals surface area contributed by atoms with Crippen molar-refractivity contribution in [2.45, 2.75) is 97.7 Å². The first-order valence-corrected chi connectivity index (χ1v) is 12.5. The second-order valence-electron chi connectivity index (χ2n) is 11.7. The lowest BCUT2D eigenvalue weighted by atomic mass is 9.46. The molecule has 170 valence electrons. The summed E-state index contributed by atoms with van der Waals surface area (Å²) < 4.78 is 0. The van der Waals surface area contributed by atoms with E-state index in [1.54, 1.807) is 0 Å². The molecule has 4 aliphatic carbocycles. The third-order valence-corrected chi connectivity index (χ3v) is 10.0. The Bertz CT molecular complexity index is 692. The van der Waals surface area contributed by atoms with Gasteiger partial charge >= 0.3 is 0 Å². The number of hydrogen-bond acceptors (Lipinski definition) is 3. The lowest BCUT2D eigenvalue weighted by molar-refractivity contribution is -0.114. The van der Waals surface area contributed by atoms with Gasteiger partial charge in [-0.05, 0) is 107 Å². The molecular weight excluding hydrogens is 372 g/mol. The predicted molar refractivity (Wildman–Crippen MR) is 122 cm³/mol. The molecule has 3 nitrogen and oxygen atoms in total. The van der Waals surface area contributed by atoms with Gasteiger partial charge in [0, 0.05) is 5.41 Å². The van der Waals surface area contributed by atoms with Crippen molar-refractivity contribution in [1.82, 2.24) is 0 Å². The maximum Gasteiger partial charge on any atom is 0.0757 e. The van der Waals surface area contributed by atoms with Crippen LogP contribution in [0.4, 0.5) is 0 Å². The lowest BCUT2D eigenvalue weighted by Crippen LogP contribution is -2.57. The van der Waals surface area contributed by atoms with Crippen molar-refractivity contribution in [2.24, 2.45) is 40.4 Å². The fourth-order valence-electron chi connectivity index (χ4n) is 8.54. The van der Waals surface area contributed by atoms with Gasteiger partial charge in [-0.3, -0.25) is 0 Å². The summed E-state index contributed by atoms with van der Waals surface area (Å²) in [6.45, 7) is 9.52. The van der Waals surface area contributed by atoms with Crippen LogP contribution < -0.4 is 0 Å². The Morgan fingerprint density at radius 1 is 1.13 bits per heavy atom. The maximum absolute atomic E-state index is 11.3. The van der Waals surface area contributed by atoms with Gasteiger partial charge in [-0.25, -0.2) is 0 Å². The first-order valence-electron chi connectivity index (χ1n) is 12.5.